The Bertz CT molecular complexity index is 535. The van der Waals surface area contributed by atoms with Crippen molar-refractivity contribution < 1.29 is 14.1 Å². The molecule has 1 amide bonds. The molecule has 0 saturated carbocycles. The monoisotopic (exact) mass is 264 g/mol. The van der Waals surface area contributed by atoms with Gasteiger partial charge in [0.2, 0.25) is 5.89 Å². The SMILES string of the molecule is O=C1C[NH+](Cc2coc(-c3cccs3)n2)CCN1. The minimum absolute atomic E-state index is 0.109. The molecule has 2 aromatic heterocycles. The maximum absolute atomic E-state index is 11.3. The minimum Gasteiger partial charge on any atom is -0.443 e. The van der Waals surface area contributed by atoms with Crippen molar-refractivity contribution in [2.24, 2.45) is 0 Å². The quantitative estimate of drug-likeness (QED) is 0.815. The predicted molar refractivity (Wildman–Crippen MR) is 67.2 cm³/mol. The minimum atomic E-state index is 0.109. The molecule has 1 saturated heterocycles. The number of aromatic nitrogens is 1. The van der Waals surface area contributed by atoms with E-state index in [1.165, 1.54) is 4.90 Å². The van der Waals surface area contributed by atoms with Crippen LogP contribution in [0.25, 0.3) is 10.8 Å². The normalized spacial score (nSPS) is 19.8. The third-order valence-electron chi connectivity index (χ3n) is 2.93. The van der Waals surface area contributed by atoms with E-state index in [2.05, 4.69) is 10.3 Å². The molecule has 18 heavy (non-hydrogen) atoms. The van der Waals surface area contributed by atoms with E-state index in [4.69, 9.17) is 4.42 Å². The predicted octanol–water partition coefficient (Wildman–Crippen LogP) is -0.0822. The number of nitrogens with zero attached hydrogens (tertiary/aromatic N) is 1. The van der Waals surface area contributed by atoms with Crippen molar-refractivity contribution in [3.8, 4) is 10.8 Å². The fraction of sp³-hybridized carbons (Fsp3) is 0.333. The van der Waals surface area contributed by atoms with Crippen molar-refractivity contribution >= 4 is 17.2 Å². The van der Waals surface area contributed by atoms with Gasteiger partial charge < -0.3 is 14.6 Å². The number of thiophene rings is 1. The molecule has 6 heteroatoms. The molecule has 0 spiro atoms. The average molecular weight is 264 g/mol. The lowest BCUT2D eigenvalue weighted by Crippen LogP contribution is -3.14. The molecule has 3 rings (SSSR count). The van der Waals surface area contributed by atoms with E-state index >= 15 is 0 Å². The number of oxazole rings is 1. The second kappa shape index (κ2) is 4.91. The molecular formula is C12H14N3O2S+. The summed E-state index contributed by atoms with van der Waals surface area (Å²) in [5.41, 5.74) is 0.906. The molecule has 1 unspecified atom stereocenters. The van der Waals surface area contributed by atoms with E-state index in [1.54, 1.807) is 17.6 Å². The highest BCUT2D eigenvalue weighted by Gasteiger charge is 2.21. The van der Waals surface area contributed by atoms with E-state index in [-0.39, 0.29) is 5.91 Å². The van der Waals surface area contributed by atoms with E-state index in [0.717, 1.165) is 30.2 Å². The number of quaternary nitrogens is 1. The van der Waals surface area contributed by atoms with E-state index < -0.39 is 0 Å². The molecular weight excluding hydrogens is 250 g/mol. The van der Waals surface area contributed by atoms with Crippen molar-refractivity contribution in [2.45, 2.75) is 6.54 Å². The summed E-state index contributed by atoms with van der Waals surface area (Å²) in [5.74, 6) is 0.777. The first-order valence-electron chi connectivity index (χ1n) is 5.90. The summed E-state index contributed by atoms with van der Waals surface area (Å²) in [4.78, 5) is 18.0. The summed E-state index contributed by atoms with van der Waals surface area (Å²) in [6.45, 7) is 2.93. The van der Waals surface area contributed by atoms with Gasteiger partial charge >= 0.3 is 0 Å². The summed E-state index contributed by atoms with van der Waals surface area (Å²) in [6.07, 6.45) is 1.69. The number of carbonyl (C=O) groups is 1. The van der Waals surface area contributed by atoms with Gasteiger partial charge in [-0.15, -0.1) is 11.3 Å². The van der Waals surface area contributed by atoms with Gasteiger partial charge in [0.25, 0.3) is 5.91 Å². The Labute approximate surface area is 108 Å². The molecule has 0 radical (unpaired) electrons. The number of hydrogen-bond acceptors (Lipinski definition) is 4. The van der Waals surface area contributed by atoms with Crippen LogP contribution in [0.4, 0.5) is 0 Å². The van der Waals surface area contributed by atoms with Gasteiger partial charge in [0.15, 0.2) is 6.54 Å². The maximum Gasteiger partial charge on any atom is 0.275 e. The summed E-state index contributed by atoms with van der Waals surface area (Å²) in [6, 6.07) is 3.96. The number of rotatable bonds is 3. The highest BCUT2D eigenvalue weighted by Crippen LogP contribution is 2.23. The van der Waals surface area contributed by atoms with Crippen molar-refractivity contribution in [3.63, 3.8) is 0 Å². The van der Waals surface area contributed by atoms with Crippen molar-refractivity contribution in [1.29, 1.82) is 0 Å². The Hall–Kier alpha value is -1.66. The number of hydrogen-bond donors (Lipinski definition) is 2. The van der Waals surface area contributed by atoms with E-state index in [0.29, 0.717) is 12.4 Å². The molecule has 94 valence electrons. The Morgan fingerprint density at radius 3 is 3.28 bits per heavy atom. The summed E-state index contributed by atoms with van der Waals surface area (Å²) in [5, 5.41) is 4.82. The first kappa shape index (κ1) is 11.4. The lowest BCUT2D eigenvalue weighted by molar-refractivity contribution is -0.907. The lowest BCUT2D eigenvalue weighted by atomic mass is 10.3. The molecule has 2 N–H and O–H groups in total. The van der Waals surface area contributed by atoms with Crippen LogP contribution < -0.4 is 10.2 Å². The Morgan fingerprint density at radius 1 is 1.56 bits per heavy atom. The van der Waals surface area contributed by atoms with Crippen LogP contribution in [-0.2, 0) is 11.3 Å². The smallest absolute Gasteiger partial charge is 0.275 e. The van der Waals surface area contributed by atoms with Gasteiger partial charge in [0, 0.05) is 0 Å². The van der Waals surface area contributed by atoms with E-state index in [1.807, 2.05) is 17.5 Å². The number of nitrogens with one attached hydrogen (secondary N) is 2. The maximum atomic E-state index is 11.3. The van der Waals surface area contributed by atoms with Crippen LogP contribution in [0, 0.1) is 0 Å². The van der Waals surface area contributed by atoms with Crippen LogP contribution in [0.15, 0.2) is 28.2 Å². The van der Waals surface area contributed by atoms with Crippen molar-refractivity contribution in [1.82, 2.24) is 10.3 Å². The fourth-order valence-electron chi connectivity index (χ4n) is 2.07. The summed E-state index contributed by atoms with van der Waals surface area (Å²) < 4.78 is 5.46. The molecule has 3 heterocycles. The molecule has 1 aliphatic rings. The van der Waals surface area contributed by atoms with Crippen LogP contribution in [0.2, 0.25) is 0 Å². The van der Waals surface area contributed by atoms with Gasteiger partial charge in [-0.2, -0.15) is 0 Å². The van der Waals surface area contributed by atoms with Crippen molar-refractivity contribution in [3.05, 3.63) is 29.5 Å². The third kappa shape index (κ3) is 2.44. The molecule has 1 aliphatic heterocycles. The van der Waals surface area contributed by atoms with Gasteiger partial charge in [-0.05, 0) is 11.4 Å². The lowest BCUT2D eigenvalue weighted by Gasteiger charge is -2.22. The first-order valence-corrected chi connectivity index (χ1v) is 6.78. The van der Waals surface area contributed by atoms with Gasteiger partial charge in [-0.1, -0.05) is 6.07 Å². The third-order valence-corrected chi connectivity index (χ3v) is 3.78. The number of amides is 1. The Kier molecular flexibility index (Phi) is 3.12. The second-order valence-electron chi connectivity index (χ2n) is 4.32. The topological polar surface area (TPSA) is 59.6 Å². The molecule has 1 fully saturated rings. The standard InChI is InChI=1S/C12H13N3O2S/c16-11-7-15(4-3-13-11)6-9-8-17-12(14-9)10-2-1-5-18-10/h1-2,5,8H,3-4,6-7H2,(H,13,16)/p+1. The fourth-order valence-corrected chi connectivity index (χ4v) is 2.72. The molecule has 1 atom stereocenters. The zero-order valence-corrected chi connectivity index (χ0v) is 10.6. The zero-order valence-electron chi connectivity index (χ0n) is 9.81. The largest absolute Gasteiger partial charge is 0.443 e. The molecule has 0 aromatic carbocycles. The molecule has 5 nitrogen and oxygen atoms in total. The second-order valence-corrected chi connectivity index (χ2v) is 5.27. The van der Waals surface area contributed by atoms with Gasteiger partial charge in [0.05, 0.1) is 18.0 Å². The van der Waals surface area contributed by atoms with Gasteiger partial charge in [0.1, 0.15) is 18.5 Å². The van der Waals surface area contributed by atoms with Crippen LogP contribution in [0.3, 0.4) is 0 Å². The zero-order chi connectivity index (χ0) is 12.4. The number of carbonyl (C=O) groups excluding carboxylic acids is 1. The van der Waals surface area contributed by atoms with Crippen LogP contribution >= 0.6 is 11.3 Å². The molecule has 2 aromatic rings. The number of piperazine rings is 1. The van der Waals surface area contributed by atoms with Crippen molar-refractivity contribution in [2.75, 3.05) is 19.6 Å². The first-order chi connectivity index (χ1) is 8.81. The highest BCUT2D eigenvalue weighted by molar-refractivity contribution is 7.13. The van der Waals surface area contributed by atoms with Gasteiger partial charge in [-0.25, -0.2) is 4.98 Å². The van der Waals surface area contributed by atoms with Crippen LogP contribution in [0.5, 0.6) is 0 Å². The Morgan fingerprint density at radius 2 is 2.50 bits per heavy atom. The average Bonchev–Trinajstić information content (AvgIpc) is 2.98. The molecule has 0 bridgehead atoms. The van der Waals surface area contributed by atoms with E-state index in [9.17, 15) is 4.79 Å². The Balaban J connectivity index is 1.68. The molecule has 0 aliphatic carbocycles. The highest BCUT2D eigenvalue weighted by atomic mass is 32.1. The van der Waals surface area contributed by atoms with Crippen LogP contribution in [0.1, 0.15) is 5.69 Å². The summed E-state index contributed by atoms with van der Waals surface area (Å²) >= 11 is 1.61. The van der Waals surface area contributed by atoms with Crippen LogP contribution in [-0.4, -0.2) is 30.5 Å². The van der Waals surface area contributed by atoms with Gasteiger partial charge in [-0.3, -0.25) is 4.79 Å². The summed E-state index contributed by atoms with van der Waals surface area (Å²) in [7, 11) is 0.